The van der Waals surface area contributed by atoms with E-state index in [9.17, 15) is 9.59 Å². The quantitative estimate of drug-likeness (QED) is 0.828. The third-order valence-corrected chi connectivity index (χ3v) is 5.20. The first-order chi connectivity index (χ1) is 12.2. The van der Waals surface area contributed by atoms with Crippen molar-refractivity contribution < 1.29 is 9.59 Å². The van der Waals surface area contributed by atoms with Gasteiger partial charge in [0.1, 0.15) is 15.7 Å². The minimum Gasteiger partial charge on any atom is -0.338 e. The van der Waals surface area contributed by atoms with Gasteiger partial charge in [-0.1, -0.05) is 12.1 Å². The number of benzene rings is 1. The molecule has 2 aromatic rings. The van der Waals surface area contributed by atoms with Crippen molar-refractivity contribution in [2.24, 2.45) is 0 Å². The molecule has 6 heteroatoms. The first kappa shape index (κ1) is 17.3. The molecule has 0 aliphatic carbocycles. The molecule has 128 valence electrons. The van der Waals surface area contributed by atoms with Gasteiger partial charge in [-0.15, -0.1) is 11.3 Å². The Morgan fingerprint density at radius 1 is 1.20 bits per heavy atom. The molecular formula is C19H19N3O2S. The Morgan fingerprint density at radius 3 is 2.76 bits per heavy atom. The third-order valence-electron chi connectivity index (χ3n) is 4.21. The number of piperidine rings is 1. The number of amides is 1. The van der Waals surface area contributed by atoms with Crippen molar-refractivity contribution in [2.75, 3.05) is 13.1 Å². The molecule has 1 aliphatic rings. The Hall–Kier alpha value is -2.52. The summed E-state index contributed by atoms with van der Waals surface area (Å²) in [5.74, 6) is 0.0547. The van der Waals surface area contributed by atoms with E-state index in [1.807, 2.05) is 11.0 Å². The second kappa shape index (κ2) is 8.04. The lowest BCUT2D eigenvalue weighted by Crippen LogP contribution is -2.35. The molecule has 5 nitrogen and oxygen atoms in total. The van der Waals surface area contributed by atoms with Gasteiger partial charge in [-0.25, -0.2) is 4.98 Å². The van der Waals surface area contributed by atoms with Crippen LogP contribution in [-0.2, 0) is 17.6 Å². The third kappa shape index (κ3) is 4.52. The van der Waals surface area contributed by atoms with Gasteiger partial charge in [-0.2, -0.15) is 5.26 Å². The highest BCUT2D eigenvalue weighted by atomic mass is 32.1. The maximum Gasteiger partial charge on any atom is 0.265 e. The number of likely N-dealkylation sites (tertiary alicyclic amines) is 1. The molecule has 2 heterocycles. The monoisotopic (exact) mass is 353 g/mol. The van der Waals surface area contributed by atoms with E-state index in [4.69, 9.17) is 5.26 Å². The van der Waals surface area contributed by atoms with E-state index >= 15 is 0 Å². The van der Waals surface area contributed by atoms with Crippen molar-refractivity contribution in [1.82, 2.24) is 9.88 Å². The minimum atomic E-state index is 0.0256. The molecule has 0 N–H and O–H groups in total. The highest BCUT2D eigenvalue weighted by molar-refractivity contribution is 7.13. The smallest absolute Gasteiger partial charge is 0.265 e. The van der Waals surface area contributed by atoms with E-state index in [1.54, 1.807) is 24.4 Å². The molecule has 0 spiro atoms. The Morgan fingerprint density at radius 2 is 2.00 bits per heavy atom. The Balaban J connectivity index is 1.59. The van der Waals surface area contributed by atoms with Gasteiger partial charge < -0.3 is 4.90 Å². The van der Waals surface area contributed by atoms with Crippen LogP contribution in [-0.4, -0.2) is 34.7 Å². The molecule has 1 aromatic carbocycles. The van der Waals surface area contributed by atoms with Crippen molar-refractivity contribution >= 4 is 23.0 Å². The first-order valence-corrected chi connectivity index (χ1v) is 9.22. The van der Waals surface area contributed by atoms with Gasteiger partial charge in [0, 0.05) is 19.5 Å². The van der Waals surface area contributed by atoms with Crippen LogP contribution in [0.25, 0.3) is 0 Å². The second-order valence-electron chi connectivity index (χ2n) is 6.18. The summed E-state index contributed by atoms with van der Waals surface area (Å²) in [5.41, 5.74) is 1.37. The van der Waals surface area contributed by atoms with Crippen LogP contribution in [0, 0.1) is 11.3 Å². The number of aromatic nitrogens is 1. The fourth-order valence-corrected chi connectivity index (χ4v) is 3.87. The van der Waals surface area contributed by atoms with Crippen LogP contribution >= 0.6 is 11.3 Å². The van der Waals surface area contributed by atoms with Gasteiger partial charge in [-0.05, 0) is 37.0 Å². The van der Waals surface area contributed by atoms with Crippen LogP contribution in [0.1, 0.15) is 45.1 Å². The average molecular weight is 353 g/mol. The summed E-state index contributed by atoms with van der Waals surface area (Å²) in [6.07, 6.45) is 5.36. The van der Waals surface area contributed by atoms with Gasteiger partial charge in [0.25, 0.3) is 5.91 Å². The van der Waals surface area contributed by atoms with Crippen molar-refractivity contribution in [3.63, 3.8) is 0 Å². The van der Waals surface area contributed by atoms with Crippen molar-refractivity contribution in [3.8, 4) is 6.07 Å². The van der Waals surface area contributed by atoms with Crippen LogP contribution in [0.15, 0.2) is 30.5 Å². The molecule has 25 heavy (non-hydrogen) atoms. The summed E-state index contributed by atoms with van der Waals surface area (Å²) < 4.78 is 0. The normalized spacial score (nSPS) is 14.1. The molecule has 1 aliphatic heterocycles. The number of hydrogen-bond donors (Lipinski definition) is 0. The SMILES string of the molecule is N#Cc1cccc(CC(=O)Cc2ncc(C(=O)N3CCCCC3)s2)c1. The van der Waals surface area contributed by atoms with Gasteiger partial charge in [-0.3, -0.25) is 9.59 Å². The van der Waals surface area contributed by atoms with Crippen molar-refractivity contribution in [3.05, 3.63) is 51.5 Å². The molecule has 1 amide bonds. The van der Waals surface area contributed by atoms with Crippen molar-refractivity contribution in [1.29, 1.82) is 5.26 Å². The number of ketones is 1. The maximum atomic E-state index is 12.4. The van der Waals surface area contributed by atoms with Crippen LogP contribution in [0.3, 0.4) is 0 Å². The highest BCUT2D eigenvalue weighted by Gasteiger charge is 2.20. The number of carbonyl (C=O) groups excluding carboxylic acids is 2. The van der Waals surface area contributed by atoms with Crippen LogP contribution in [0.2, 0.25) is 0 Å². The fraction of sp³-hybridized carbons (Fsp3) is 0.368. The van der Waals surface area contributed by atoms with Crippen LogP contribution < -0.4 is 0 Å². The lowest BCUT2D eigenvalue weighted by Gasteiger charge is -2.25. The summed E-state index contributed by atoms with van der Waals surface area (Å²) in [4.78, 5) is 31.4. The molecule has 0 atom stereocenters. The minimum absolute atomic E-state index is 0.0256. The summed E-state index contributed by atoms with van der Waals surface area (Å²) in [6, 6.07) is 9.13. The van der Waals surface area contributed by atoms with E-state index < -0.39 is 0 Å². The first-order valence-electron chi connectivity index (χ1n) is 8.40. The zero-order valence-electron chi connectivity index (χ0n) is 13.9. The van der Waals surface area contributed by atoms with E-state index in [0.717, 1.165) is 31.5 Å². The number of carbonyl (C=O) groups is 2. The topological polar surface area (TPSA) is 74.1 Å². The highest BCUT2D eigenvalue weighted by Crippen LogP contribution is 2.19. The number of Topliss-reactive ketones (excluding diaryl/α,β-unsaturated/α-hetero) is 1. The van der Waals surface area contributed by atoms with Gasteiger partial charge in [0.05, 0.1) is 24.3 Å². The van der Waals surface area contributed by atoms with Crippen LogP contribution in [0.5, 0.6) is 0 Å². The summed E-state index contributed by atoms with van der Waals surface area (Å²) in [5, 5.41) is 9.58. The lowest BCUT2D eigenvalue weighted by molar-refractivity contribution is -0.117. The zero-order chi connectivity index (χ0) is 17.6. The standard InChI is InChI=1S/C19H19N3O2S/c20-12-15-6-4-5-14(9-15)10-16(23)11-18-21-13-17(25-18)19(24)22-7-2-1-3-8-22/h4-6,9,13H,1-3,7-8,10-11H2. The average Bonchev–Trinajstić information content (AvgIpc) is 3.10. The summed E-state index contributed by atoms with van der Waals surface area (Å²) in [6.45, 7) is 1.61. The maximum absolute atomic E-state index is 12.4. The molecule has 1 fully saturated rings. The molecule has 0 bridgehead atoms. The molecular weight excluding hydrogens is 334 g/mol. The molecule has 0 radical (unpaired) electrons. The van der Waals surface area contributed by atoms with E-state index in [2.05, 4.69) is 11.1 Å². The van der Waals surface area contributed by atoms with Gasteiger partial charge in [0.15, 0.2) is 0 Å². The van der Waals surface area contributed by atoms with Gasteiger partial charge >= 0.3 is 0 Å². The second-order valence-corrected chi connectivity index (χ2v) is 7.29. The lowest BCUT2D eigenvalue weighted by atomic mass is 10.1. The predicted molar refractivity (Wildman–Crippen MR) is 95.4 cm³/mol. The number of thiazole rings is 1. The predicted octanol–water partition coefficient (Wildman–Crippen LogP) is 3.00. The van der Waals surface area contributed by atoms with E-state index in [0.29, 0.717) is 15.4 Å². The van der Waals surface area contributed by atoms with Crippen molar-refractivity contribution in [2.45, 2.75) is 32.1 Å². The number of rotatable bonds is 5. The largest absolute Gasteiger partial charge is 0.338 e. The van der Waals surface area contributed by atoms with E-state index in [1.165, 1.54) is 17.8 Å². The van der Waals surface area contributed by atoms with E-state index in [-0.39, 0.29) is 24.5 Å². The summed E-state index contributed by atoms with van der Waals surface area (Å²) >= 11 is 1.31. The fourth-order valence-electron chi connectivity index (χ4n) is 2.95. The molecule has 0 unspecified atom stereocenters. The number of nitriles is 1. The Kier molecular flexibility index (Phi) is 5.56. The summed E-state index contributed by atoms with van der Waals surface area (Å²) in [7, 11) is 0. The molecule has 0 saturated carbocycles. The molecule has 1 aromatic heterocycles. The number of hydrogen-bond acceptors (Lipinski definition) is 5. The van der Waals surface area contributed by atoms with Crippen LogP contribution in [0.4, 0.5) is 0 Å². The Labute approximate surface area is 150 Å². The van der Waals surface area contributed by atoms with Gasteiger partial charge in [0.2, 0.25) is 0 Å². The zero-order valence-corrected chi connectivity index (χ0v) is 14.7. The Bertz CT molecular complexity index is 816. The molecule has 1 saturated heterocycles. The molecule has 3 rings (SSSR count). The number of nitrogens with zero attached hydrogens (tertiary/aromatic N) is 3.